The Hall–Kier alpha value is -1.02. The van der Waals surface area contributed by atoms with Crippen molar-refractivity contribution in [3.63, 3.8) is 0 Å². The number of ether oxygens (including phenoxy) is 1. The van der Waals surface area contributed by atoms with Gasteiger partial charge in [-0.15, -0.1) is 0 Å². The summed E-state index contributed by atoms with van der Waals surface area (Å²) in [7, 11) is 0. The van der Waals surface area contributed by atoms with E-state index in [1.807, 2.05) is 6.92 Å². The van der Waals surface area contributed by atoms with Crippen LogP contribution in [-0.4, -0.2) is 63.7 Å². The number of aliphatic hydroxyl groups excluding tert-OH is 4. The fourth-order valence-electron chi connectivity index (χ4n) is 2.04. The van der Waals surface area contributed by atoms with Gasteiger partial charge in [-0.2, -0.15) is 0 Å². The molecule has 0 aromatic carbocycles. The van der Waals surface area contributed by atoms with E-state index in [1.165, 1.54) is 0 Å². The van der Waals surface area contributed by atoms with Crippen molar-refractivity contribution in [2.45, 2.75) is 64.8 Å². The second-order valence-electron chi connectivity index (χ2n) is 6.40. The van der Waals surface area contributed by atoms with E-state index in [1.54, 1.807) is 0 Å². The van der Waals surface area contributed by atoms with Gasteiger partial charge in [-0.25, -0.2) is 4.79 Å². The van der Waals surface area contributed by atoms with Crippen LogP contribution in [0, 0.1) is 11.8 Å². The van der Waals surface area contributed by atoms with Crippen molar-refractivity contribution < 1.29 is 34.8 Å². The second-order valence-corrected chi connectivity index (χ2v) is 6.40. The van der Waals surface area contributed by atoms with Crippen LogP contribution in [0.5, 0.6) is 0 Å². The minimum absolute atomic E-state index is 0.0544. The first-order valence-electron chi connectivity index (χ1n) is 8.06. The largest absolute Gasteiger partial charge is 0.460 e. The highest BCUT2D eigenvalue weighted by atomic mass is 16.5. The Morgan fingerprint density at radius 1 is 1.00 bits per heavy atom. The first kappa shape index (κ1) is 22.0. The maximum absolute atomic E-state index is 11.6. The van der Waals surface area contributed by atoms with Crippen LogP contribution >= 0.6 is 0 Å². The molecule has 4 N–H and O–H groups in total. The fourth-order valence-corrected chi connectivity index (χ4v) is 2.04. The predicted molar refractivity (Wildman–Crippen MR) is 83.5 cm³/mol. The van der Waals surface area contributed by atoms with Crippen LogP contribution in [-0.2, 0) is 14.3 Å². The molecule has 7 nitrogen and oxygen atoms in total. The zero-order valence-electron chi connectivity index (χ0n) is 14.1. The summed E-state index contributed by atoms with van der Waals surface area (Å²) in [4.78, 5) is 23.0. The molecule has 0 aliphatic rings. The van der Waals surface area contributed by atoms with Gasteiger partial charge >= 0.3 is 5.97 Å². The zero-order chi connectivity index (χ0) is 18.0. The molecule has 7 heteroatoms. The molecule has 0 aromatic rings. The smallest absolute Gasteiger partial charge is 0.377 e. The van der Waals surface area contributed by atoms with Gasteiger partial charge in [-0.3, -0.25) is 4.79 Å². The summed E-state index contributed by atoms with van der Waals surface area (Å²) in [6.45, 7) is 5.57. The summed E-state index contributed by atoms with van der Waals surface area (Å²) in [5.74, 6) is -1.59. The van der Waals surface area contributed by atoms with Crippen molar-refractivity contribution >= 4 is 11.8 Å². The molecule has 0 aliphatic heterocycles. The van der Waals surface area contributed by atoms with Crippen LogP contribution in [0.4, 0.5) is 0 Å². The minimum Gasteiger partial charge on any atom is -0.460 e. The molecular weight excluding hydrogens is 304 g/mol. The number of hydrogen-bond acceptors (Lipinski definition) is 7. The van der Waals surface area contributed by atoms with Gasteiger partial charge in [0.15, 0.2) is 6.10 Å². The molecule has 23 heavy (non-hydrogen) atoms. The molecule has 0 saturated carbocycles. The number of carbonyl (C=O) groups is 2. The van der Waals surface area contributed by atoms with E-state index in [0.29, 0.717) is 18.3 Å². The lowest BCUT2D eigenvalue weighted by Gasteiger charge is -2.19. The lowest BCUT2D eigenvalue weighted by atomic mass is 9.98. The van der Waals surface area contributed by atoms with Gasteiger partial charge in [-0.05, 0) is 18.3 Å². The molecule has 0 saturated heterocycles. The van der Waals surface area contributed by atoms with Gasteiger partial charge in [-0.1, -0.05) is 40.0 Å². The van der Waals surface area contributed by atoms with Crippen LogP contribution in [0.3, 0.4) is 0 Å². The molecule has 0 fully saturated rings. The lowest BCUT2D eigenvalue weighted by molar-refractivity contribution is -0.163. The monoisotopic (exact) mass is 334 g/mol. The van der Waals surface area contributed by atoms with Gasteiger partial charge in [0.1, 0.15) is 12.2 Å². The summed E-state index contributed by atoms with van der Waals surface area (Å²) in [5.41, 5.74) is 0. The van der Waals surface area contributed by atoms with Crippen LogP contribution in [0.1, 0.15) is 46.5 Å². The molecule has 136 valence electrons. The van der Waals surface area contributed by atoms with Crippen LogP contribution in [0.15, 0.2) is 0 Å². The van der Waals surface area contributed by atoms with Gasteiger partial charge in [0, 0.05) is 0 Å². The Balaban J connectivity index is 4.07. The predicted octanol–water partition coefficient (Wildman–Crippen LogP) is 0.0262. The summed E-state index contributed by atoms with van der Waals surface area (Å²) < 4.78 is 4.78. The van der Waals surface area contributed by atoms with Crippen molar-refractivity contribution in [2.24, 2.45) is 11.8 Å². The Bertz CT molecular complexity index is 356. The fraction of sp³-hybridized carbons (Fsp3) is 0.875. The summed E-state index contributed by atoms with van der Waals surface area (Å²) >= 11 is 0. The number of ketones is 1. The highest BCUT2D eigenvalue weighted by Gasteiger charge is 2.34. The highest BCUT2D eigenvalue weighted by Crippen LogP contribution is 2.15. The van der Waals surface area contributed by atoms with E-state index in [4.69, 9.17) is 14.9 Å². The second kappa shape index (κ2) is 11.5. The zero-order valence-corrected chi connectivity index (χ0v) is 14.1. The normalized spacial score (nSPS) is 16.7. The number of carbonyl (C=O) groups excluding carboxylic acids is 2. The molecule has 0 heterocycles. The number of esters is 1. The maximum atomic E-state index is 11.6. The van der Waals surface area contributed by atoms with Crippen LogP contribution in [0.25, 0.3) is 0 Å². The SMILES string of the molecule is CC(C)CCCC(C)CCOC(=O)C(=O)C(O)C(O)C(O)CO. The quantitative estimate of drug-likeness (QED) is 0.293. The molecule has 0 aliphatic carbocycles. The molecule has 0 bridgehead atoms. The van der Waals surface area contributed by atoms with Crippen LogP contribution < -0.4 is 0 Å². The Kier molecular flexibility index (Phi) is 11.0. The van der Waals surface area contributed by atoms with Gasteiger partial charge in [0.25, 0.3) is 5.78 Å². The summed E-state index contributed by atoms with van der Waals surface area (Å²) in [5, 5.41) is 36.6. The van der Waals surface area contributed by atoms with E-state index in [-0.39, 0.29) is 6.61 Å². The topological polar surface area (TPSA) is 124 Å². The number of Topliss-reactive ketones (excluding diaryl/α,β-unsaturated/α-hetero) is 1. The molecular formula is C16H30O7. The van der Waals surface area contributed by atoms with E-state index >= 15 is 0 Å². The molecule has 0 aromatic heterocycles. The molecule has 0 spiro atoms. The molecule has 0 radical (unpaired) electrons. The Morgan fingerprint density at radius 2 is 1.61 bits per heavy atom. The van der Waals surface area contributed by atoms with Crippen molar-refractivity contribution in [3.8, 4) is 0 Å². The Morgan fingerprint density at radius 3 is 2.13 bits per heavy atom. The van der Waals surface area contributed by atoms with Crippen molar-refractivity contribution in [3.05, 3.63) is 0 Å². The average Bonchev–Trinajstić information content (AvgIpc) is 2.51. The minimum atomic E-state index is -2.12. The highest BCUT2D eigenvalue weighted by molar-refractivity contribution is 6.35. The first-order chi connectivity index (χ1) is 10.7. The maximum Gasteiger partial charge on any atom is 0.377 e. The van der Waals surface area contributed by atoms with Crippen LogP contribution in [0.2, 0.25) is 0 Å². The molecule has 4 unspecified atom stereocenters. The lowest BCUT2D eigenvalue weighted by Crippen LogP contribution is -2.46. The number of hydrogen-bond donors (Lipinski definition) is 4. The van der Waals surface area contributed by atoms with E-state index in [9.17, 15) is 19.8 Å². The number of aliphatic hydroxyl groups is 4. The molecule has 4 atom stereocenters. The Labute approximate surface area is 137 Å². The van der Waals surface area contributed by atoms with Gasteiger partial charge in [0.2, 0.25) is 0 Å². The third-order valence-corrected chi connectivity index (χ3v) is 3.70. The molecule has 0 rings (SSSR count). The third kappa shape index (κ3) is 9.00. The standard InChI is InChI=1S/C16H30O7/c1-10(2)5-4-6-11(3)7-8-23-16(22)15(21)14(20)13(19)12(18)9-17/h10-14,17-20H,4-9H2,1-3H3. The van der Waals surface area contributed by atoms with E-state index < -0.39 is 36.7 Å². The molecule has 0 amide bonds. The van der Waals surface area contributed by atoms with Crippen molar-refractivity contribution in [1.29, 1.82) is 0 Å². The number of rotatable bonds is 12. The first-order valence-corrected chi connectivity index (χ1v) is 8.06. The average molecular weight is 334 g/mol. The summed E-state index contributed by atoms with van der Waals surface area (Å²) in [6, 6.07) is 0. The van der Waals surface area contributed by atoms with E-state index in [2.05, 4.69) is 13.8 Å². The van der Waals surface area contributed by atoms with Crippen molar-refractivity contribution in [2.75, 3.05) is 13.2 Å². The van der Waals surface area contributed by atoms with Crippen molar-refractivity contribution in [1.82, 2.24) is 0 Å². The van der Waals surface area contributed by atoms with E-state index in [0.717, 1.165) is 19.3 Å². The van der Waals surface area contributed by atoms with Gasteiger partial charge in [0.05, 0.1) is 13.2 Å². The third-order valence-electron chi connectivity index (χ3n) is 3.70. The van der Waals surface area contributed by atoms with Gasteiger partial charge < -0.3 is 25.2 Å². The summed E-state index contributed by atoms with van der Waals surface area (Å²) in [6.07, 6.45) is -1.91.